The van der Waals surface area contributed by atoms with Crippen molar-refractivity contribution in [2.45, 2.75) is 20.0 Å². The normalized spacial score (nSPS) is 20.5. The van der Waals surface area contributed by atoms with Crippen molar-refractivity contribution in [2.75, 3.05) is 39.1 Å². The van der Waals surface area contributed by atoms with E-state index in [1.165, 1.54) is 0 Å². The Bertz CT molecular complexity index is 147. The molecule has 4 heteroatoms. The molecule has 0 aromatic rings. The monoisotopic (exact) mass is 203 g/mol. The molecule has 3 nitrogen and oxygen atoms in total. The minimum absolute atomic E-state index is 0.851. The van der Waals surface area contributed by atoms with E-state index in [9.17, 15) is 0 Å². The van der Waals surface area contributed by atoms with Crippen molar-refractivity contribution in [1.29, 1.82) is 0 Å². The van der Waals surface area contributed by atoms with E-state index in [1.807, 2.05) is 0 Å². The highest BCUT2D eigenvalue weighted by Crippen LogP contribution is 2.08. The van der Waals surface area contributed by atoms with Gasteiger partial charge in [0.15, 0.2) is 8.32 Å². The zero-order valence-electron chi connectivity index (χ0n) is 9.01. The smallest absolute Gasteiger partial charge is 0.200 e. The molecule has 1 heterocycles. The van der Waals surface area contributed by atoms with Gasteiger partial charge in [-0.25, -0.2) is 0 Å². The minimum Gasteiger partial charge on any atom is -0.416 e. The van der Waals surface area contributed by atoms with E-state index < -0.39 is 8.32 Å². The third-order valence-corrected chi connectivity index (χ3v) is 4.52. The third kappa shape index (κ3) is 4.22. The van der Waals surface area contributed by atoms with Crippen LogP contribution in [0.15, 0.2) is 0 Å². The summed E-state index contributed by atoms with van der Waals surface area (Å²) in [7, 11) is -1.42. The fourth-order valence-corrected chi connectivity index (χ4v) is 4.00. The van der Waals surface area contributed by atoms with Crippen LogP contribution in [0.5, 0.6) is 0 Å². The molecule has 1 aliphatic heterocycles. The fourth-order valence-electron chi connectivity index (χ4n) is 1.73. The first-order chi connectivity index (χ1) is 6.14. The summed E-state index contributed by atoms with van der Waals surface area (Å²) >= 11 is 0. The highest BCUT2D eigenvalue weighted by Gasteiger charge is 2.26. The first kappa shape index (κ1) is 11.2. The summed E-state index contributed by atoms with van der Waals surface area (Å²) in [5.74, 6) is 0. The van der Waals surface area contributed by atoms with Crippen molar-refractivity contribution < 1.29 is 9.16 Å². The summed E-state index contributed by atoms with van der Waals surface area (Å²) < 4.78 is 11.1. The summed E-state index contributed by atoms with van der Waals surface area (Å²) in [4.78, 5) is 2.46. The van der Waals surface area contributed by atoms with Crippen LogP contribution < -0.4 is 0 Å². The van der Waals surface area contributed by atoms with Crippen molar-refractivity contribution in [3.63, 3.8) is 0 Å². The summed E-state index contributed by atoms with van der Waals surface area (Å²) in [6.07, 6.45) is 1.14. The third-order valence-electron chi connectivity index (χ3n) is 2.24. The van der Waals surface area contributed by atoms with Gasteiger partial charge in [0, 0.05) is 25.9 Å². The molecule has 1 aliphatic rings. The predicted molar refractivity (Wildman–Crippen MR) is 56.4 cm³/mol. The van der Waals surface area contributed by atoms with E-state index in [1.54, 1.807) is 0 Å². The lowest BCUT2D eigenvalue weighted by molar-refractivity contribution is 0.0435. The van der Waals surface area contributed by atoms with Gasteiger partial charge in [0.05, 0.1) is 13.2 Å². The molecule has 0 aromatic heterocycles. The molecule has 0 spiro atoms. The first-order valence-electron chi connectivity index (χ1n) is 5.08. The van der Waals surface area contributed by atoms with Gasteiger partial charge in [0.2, 0.25) is 0 Å². The second kappa shape index (κ2) is 5.10. The van der Waals surface area contributed by atoms with Crippen LogP contribution in [-0.2, 0) is 9.16 Å². The molecule has 0 unspecified atom stereocenters. The Hall–Kier alpha value is 0.0969. The fraction of sp³-hybridized carbons (Fsp3) is 1.00. The highest BCUT2D eigenvalue weighted by molar-refractivity contribution is 6.71. The number of morpholine rings is 1. The van der Waals surface area contributed by atoms with Crippen LogP contribution >= 0.6 is 0 Å². The molecule has 0 radical (unpaired) electrons. The van der Waals surface area contributed by atoms with Gasteiger partial charge in [0.25, 0.3) is 0 Å². The van der Waals surface area contributed by atoms with E-state index in [0.29, 0.717) is 0 Å². The molecule has 0 aromatic carbocycles. The Labute approximate surface area is 82.1 Å². The van der Waals surface area contributed by atoms with Crippen molar-refractivity contribution in [3.8, 4) is 0 Å². The van der Waals surface area contributed by atoms with Crippen molar-refractivity contribution in [3.05, 3.63) is 0 Å². The molecule has 1 fully saturated rings. The second-order valence-corrected chi connectivity index (χ2v) is 8.21. The molecule has 13 heavy (non-hydrogen) atoms. The maximum Gasteiger partial charge on any atom is 0.200 e. The van der Waals surface area contributed by atoms with E-state index in [0.717, 1.165) is 39.1 Å². The van der Waals surface area contributed by atoms with E-state index in [4.69, 9.17) is 9.16 Å². The van der Waals surface area contributed by atoms with Crippen LogP contribution in [0.2, 0.25) is 13.1 Å². The van der Waals surface area contributed by atoms with Crippen molar-refractivity contribution in [1.82, 2.24) is 4.90 Å². The Morgan fingerprint density at radius 1 is 1.31 bits per heavy atom. The Morgan fingerprint density at radius 2 is 1.92 bits per heavy atom. The molecule has 1 saturated heterocycles. The van der Waals surface area contributed by atoms with Gasteiger partial charge in [-0.05, 0) is 20.0 Å². The van der Waals surface area contributed by atoms with Crippen LogP contribution in [0, 0.1) is 0 Å². The van der Waals surface area contributed by atoms with Gasteiger partial charge >= 0.3 is 0 Å². The molecule has 0 aliphatic carbocycles. The van der Waals surface area contributed by atoms with Crippen LogP contribution in [-0.4, -0.2) is 52.3 Å². The number of rotatable bonds is 4. The molecular weight excluding hydrogens is 182 g/mol. The largest absolute Gasteiger partial charge is 0.416 e. The summed E-state index contributed by atoms with van der Waals surface area (Å²) in [6.45, 7) is 11.4. The van der Waals surface area contributed by atoms with Gasteiger partial charge in [-0.1, -0.05) is 0 Å². The lowest BCUT2D eigenvalue weighted by Crippen LogP contribution is -2.49. The Kier molecular flexibility index (Phi) is 4.38. The maximum atomic E-state index is 5.79. The molecule has 78 valence electrons. The Balaban J connectivity index is 2.28. The molecule has 0 bridgehead atoms. The number of nitrogens with zero attached hydrogens (tertiary/aromatic N) is 1. The van der Waals surface area contributed by atoms with Crippen LogP contribution in [0.25, 0.3) is 0 Å². The summed E-state index contributed by atoms with van der Waals surface area (Å²) in [6, 6.07) is 0. The number of hydrogen-bond acceptors (Lipinski definition) is 3. The molecule has 0 amide bonds. The lowest BCUT2D eigenvalue weighted by Gasteiger charge is -2.33. The van der Waals surface area contributed by atoms with Crippen LogP contribution in [0.3, 0.4) is 0 Å². The predicted octanol–water partition coefficient (Wildman–Crippen LogP) is 1.10. The maximum absolute atomic E-state index is 5.79. The van der Waals surface area contributed by atoms with Gasteiger partial charge in [-0.3, -0.25) is 4.90 Å². The molecule has 0 N–H and O–H groups in total. The van der Waals surface area contributed by atoms with Crippen molar-refractivity contribution >= 4 is 8.32 Å². The average molecular weight is 203 g/mol. The van der Waals surface area contributed by atoms with Crippen molar-refractivity contribution in [2.24, 2.45) is 0 Å². The summed E-state index contributed by atoms with van der Waals surface area (Å²) in [5, 5.41) is 0. The van der Waals surface area contributed by atoms with E-state index in [-0.39, 0.29) is 0 Å². The van der Waals surface area contributed by atoms with Gasteiger partial charge < -0.3 is 9.16 Å². The topological polar surface area (TPSA) is 21.7 Å². The highest BCUT2D eigenvalue weighted by atomic mass is 28.4. The van der Waals surface area contributed by atoms with Gasteiger partial charge in [-0.2, -0.15) is 0 Å². The second-order valence-electron chi connectivity index (χ2n) is 4.08. The van der Waals surface area contributed by atoms with E-state index >= 15 is 0 Å². The standard InChI is InChI=1S/C9H21NO2Si/c1-4-12-13(2,3)9-10-5-7-11-8-6-10/h4-9H2,1-3H3. The number of ether oxygens (including phenoxy) is 1. The zero-order chi connectivity index (χ0) is 9.73. The Morgan fingerprint density at radius 3 is 2.46 bits per heavy atom. The van der Waals surface area contributed by atoms with Gasteiger partial charge in [-0.15, -0.1) is 0 Å². The molecule has 0 saturated carbocycles. The lowest BCUT2D eigenvalue weighted by atomic mass is 10.5. The quantitative estimate of drug-likeness (QED) is 0.639. The molecule has 1 rings (SSSR count). The first-order valence-corrected chi connectivity index (χ1v) is 8.19. The number of hydrogen-bond donors (Lipinski definition) is 0. The zero-order valence-corrected chi connectivity index (χ0v) is 10.0. The van der Waals surface area contributed by atoms with Crippen LogP contribution in [0.4, 0.5) is 0 Å². The molecule has 0 atom stereocenters. The summed E-state index contributed by atoms with van der Waals surface area (Å²) in [5.41, 5.74) is 0. The SMILES string of the molecule is CCO[Si](C)(C)CN1CCOCC1. The van der Waals surface area contributed by atoms with Gasteiger partial charge in [0.1, 0.15) is 0 Å². The minimum atomic E-state index is -1.42. The average Bonchev–Trinajstić information content (AvgIpc) is 2.04. The molecular formula is C9H21NO2Si. The van der Waals surface area contributed by atoms with Crippen LogP contribution in [0.1, 0.15) is 6.92 Å². The van der Waals surface area contributed by atoms with E-state index in [2.05, 4.69) is 24.9 Å².